The van der Waals surface area contributed by atoms with E-state index in [1.807, 2.05) is 0 Å². The van der Waals surface area contributed by atoms with E-state index >= 15 is 0 Å². The van der Waals surface area contributed by atoms with Gasteiger partial charge in [-0.1, -0.05) is 0 Å². The standard InChI is InChI=1S/C13H20N4O4/c1-8-6-14-17(15-8)9-5-10(11(18)19)16(7-9)12(20)21-13(2,3)4/h6,9-10H,5,7H2,1-4H3,(H,18,19)/t9-,10+/m1/s1. The van der Waals surface area contributed by atoms with Crippen molar-refractivity contribution in [3.05, 3.63) is 11.9 Å². The molecule has 8 nitrogen and oxygen atoms in total. The lowest BCUT2D eigenvalue weighted by Gasteiger charge is -2.26. The van der Waals surface area contributed by atoms with Crippen LogP contribution in [-0.2, 0) is 9.53 Å². The zero-order valence-electron chi connectivity index (χ0n) is 12.6. The Morgan fingerprint density at radius 3 is 2.57 bits per heavy atom. The highest BCUT2D eigenvalue weighted by molar-refractivity contribution is 5.81. The predicted molar refractivity (Wildman–Crippen MR) is 72.8 cm³/mol. The van der Waals surface area contributed by atoms with E-state index in [-0.39, 0.29) is 19.0 Å². The number of ether oxygens (including phenoxy) is 1. The van der Waals surface area contributed by atoms with Gasteiger partial charge >= 0.3 is 12.1 Å². The van der Waals surface area contributed by atoms with Crippen LogP contribution in [0.4, 0.5) is 4.79 Å². The molecule has 1 amide bonds. The normalized spacial score (nSPS) is 22.4. The molecule has 0 radical (unpaired) electrons. The maximum Gasteiger partial charge on any atom is 0.411 e. The van der Waals surface area contributed by atoms with Crippen LogP contribution in [0.25, 0.3) is 0 Å². The van der Waals surface area contributed by atoms with Crippen molar-refractivity contribution in [2.45, 2.75) is 51.8 Å². The van der Waals surface area contributed by atoms with Crippen LogP contribution < -0.4 is 0 Å². The molecule has 2 heterocycles. The monoisotopic (exact) mass is 296 g/mol. The van der Waals surface area contributed by atoms with Gasteiger partial charge in [0, 0.05) is 13.0 Å². The van der Waals surface area contributed by atoms with Gasteiger partial charge in [0.05, 0.1) is 17.9 Å². The van der Waals surface area contributed by atoms with Crippen molar-refractivity contribution < 1.29 is 19.4 Å². The molecule has 1 aliphatic rings. The minimum atomic E-state index is -1.05. The van der Waals surface area contributed by atoms with Gasteiger partial charge in [0.25, 0.3) is 0 Å². The van der Waals surface area contributed by atoms with Crippen LogP contribution in [0.3, 0.4) is 0 Å². The van der Waals surface area contributed by atoms with Crippen molar-refractivity contribution in [1.29, 1.82) is 0 Å². The number of likely N-dealkylation sites (tertiary alicyclic amines) is 1. The van der Waals surface area contributed by atoms with Crippen LogP contribution in [0, 0.1) is 6.92 Å². The van der Waals surface area contributed by atoms with E-state index in [9.17, 15) is 14.7 Å². The number of rotatable bonds is 2. The number of nitrogens with zero attached hydrogens (tertiary/aromatic N) is 4. The highest BCUT2D eigenvalue weighted by Gasteiger charge is 2.43. The number of carboxylic acids is 1. The maximum absolute atomic E-state index is 12.1. The third-order valence-electron chi connectivity index (χ3n) is 3.14. The van der Waals surface area contributed by atoms with Crippen molar-refractivity contribution in [1.82, 2.24) is 19.9 Å². The fourth-order valence-electron chi connectivity index (χ4n) is 2.27. The summed E-state index contributed by atoms with van der Waals surface area (Å²) in [7, 11) is 0. The Bertz CT molecular complexity index is 549. The molecule has 0 aromatic carbocycles. The number of aryl methyl sites for hydroxylation is 1. The number of hydrogen-bond donors (Lipinski definition) is 1. The van der Waals surface area contributed by atoms with Gasteiger partial charge in [0.2, 0.25) is 0 Å². The average molecular weight is 296 g/mol. The Hall–Kier alpha value is -2.12. The summed E-state index contributed by atoms with van der Waals surface area (Å²) in [5, 5.41) is 17.6. The zero-order chi connectivity index (χ0) is 15.8. The van der Waals surface area contributed by atoms with E-state index < -0.39 is 23.7 Å². The van der Waals surface area contributed by atoms with Crippen molar-refractivity contribution in [2.75, 3.05) is 6.54 Å². The van der Waals surface area contributed by atoms with Gasteiger partial charge in [0.1, 0.15) is 11.6 Å². The molecule has 8 heteroatoms. The zero-order valence-corrected chi connectivity index (χ0v) is 12.6. The first-order valence-electron chi connectivity index (χ1n) is 6.78. The summed E-state index contributed by atoms with van der Waals surface area (Å²) in [6.45, 7) is 7.25. The molecule has 1 fully saturated rings. The lowest BCUT2D eigenvalue weighted by Crippen LogP contribution is -2.43. The summed E-state index contributed by atoms with van der Waals surface area (Å²) in [6, 6.07) is -1.18. The minimum absolute atomic E-state index is 0.222. The average Bonchev–Trinajstić information content (AvgIpc) is 2.92. The Kier molecular flexibility index (Phi) is 3.89. The van der Waals surface area contributed by atoms with Crippen LogP contribution in [-0.4, -0.2) is 55.3 Å². The molecule has 0 bridgehead atoms. The largest absolute Gasteiger partial charge is 0.480 e. The van der Waals surface area contributed by atoms with E-state index in [4.69, 9.17) is 4.74 Å². The van der Waals surface area contributed by atoms with E-state index in [2.05, 4.69) is 10.2 Å². The lowest BCUT2D eigenvalue weighted by molar-refractivity contribution is -0.142. The Morgan fingerprint density at radius 1 is 1.43 bits per heavy atom. The molecular weight excluding hydrogens is 276 g/mol. The fourth-order valence-corrected chi connectivity index (χ4v) is 2.27. The van der Waals surface area contributed by atoms with Gasteiger partial charge in [-0.2, -0.15) is 15.0 Å². The molecule has 116 valence electrons. The van der Waals surface area contributed by atoms with Crippen molar-refractivity contribution in [2.24, 2.45) is 0 Å². The molecule has 0 aliphatic carbocycles. The topological polar surface area (TPSA) is 97.6 Å². The lowest BCUT2D eigenvalue weighted by atomic mass is 10.2. The van der Waals surface area contributed by atoms with E-state index in [1.165, 1.54) is 9.70 Å². The number of carbonyl (C=O) groups is 2. The van der Waals surface area contributed by atoms with Gasteiger partial charge in [-0.3, -0.25) is 4.90 Å². The fraction of sp³-hybridized carbons (Fsp3) is 0.692. The highest BCUT2D eigenvalue weighted by atomic mass is 16.6. The molecule has 1 aromatic rings. The number of amides is 1. The van der Waals surface area contributed by atoms with Crippen LogP contribution in [0.1, 0.15) is 38.9 Å². The van der Waals surface area contributed by atoms with Gasteiger partial charge in [-0.15, -0.1) is 0 Å². The Balaban J connectivity index is 2.16. The van der Waals surface area contributed by atoms with Crippen LogP contribution >= 0.6 is 0 Å². The molecule has 2 atom stereocenters. The first-order valence-corrected chi connectivity index (χ1v) is 6.78. The Labute approximate surface area is 122 Å². The number of carboxylic acid groups (broad SMARTS) is 1. The first-order chi connectivity index (χ1) is 9.67. The quantitative estimate of drug-likeness (QED) is 0.881. The van der Waals surface area contributed by atoms with Crippen LogP contribution in [0.2, 0.25) is 0 Å². The van der Waals surface area contributed by atoms with E-state index in [0.29, 0.717) is 0 Å². The van der Waals surface area contributed by atoms with Crippen molar-refractivity contribution in [3.8, 4) is 0 Å². The molecule has 2 rings (SSSR count). The van der Waals surface area contributed by atoms with E-state index in [0.717, 1.165) is 5.69 Å². The smallest absolute Gasteiger partial charge is 0.411 e. The molecule has 0 saturated carbocycles. The van der Waals surface area contributed by atoms with Crippen LogP contribution in [0.15, 0.2) is 6.20 Å². The SMILES string of the molecule is Cc1cnn([C@@H]2C[C@@H](C(=O)O)N(C(=O)OC(C)(C)C)C2)n1. The molecule has 21 heavy (non-hydrogen) atoms. The first kappa shape index (κ1) is 15.3. The second-order valence-electron chi connectivity index (χ2n) is 6.18. The summed E-state index contributed by atoms with van der Waals surface area (Å²) in [5.41, 5.74) is 0.0799. The molecule has 1 N–H and O–H groups in total. The number of aromatic nitrogens is 3. The molecule has 1 aromatic heterocycles. The molecule has 0 unspecified atom stereocenters. The van der Waals surface area contributed by atoms with Gasteiger partial charge in [-0.25, -0.2) is 9.59 Å². The number of aliphatic carboxylic acids is 1. The summed E-state index contributed by atoms with van der Waals surface area (Å²) in [6.07, 6.45) is 1.25. The highest BCUT2D eigenvalue weighted by Crippen LogP contribution is 2.28. The second-order valence-corrected chi connectivity index (χ2v) is 6.18. The molecule has 0 spiro atoms. The second kappa shape index (κ2) is 5.34. The number of hydrogen-bond acceptors (Lipinski definition) is 5. The Morgan fingerprint density at radius 2 is 2.10 bits per heavy atom. The maximum atomic E-state index is 12.1. The third kappa shape index (κ3) is 3.50. The minimum Gasteiger partial charge on any atom is -0.480 e. The van der Waals surface area contributed by atoms with Crippen molar-refractivity contribution in [3.63, 3.8) is 0 Å². The summed E-state index contributed by atoms with van der Waals surface area (Å²) < 4.78 is 5.27. The molecule has 1 saturated heterocycles. The van der Waals surface area contributed by atoms with Gasteiger partial charge in [0.15, 0.2) is 0 Å². The number of carbonyl (C=O) groups excluding carboxylic acids is 1. The van der Waals surface area contributed by atoms with Gasteiger partial charge < -0.3 is 9.84 Å². The third-order valence-corrected chi connectivity index (χ3v) is 3.14. The predicted octanol–water partition coefficient (Wildman–Crippen LogP) is 1.22. The molecule has 1 aliphatic heterocycles. The van der Waals surface area contributed by atoms with Gasteiger partial charge in [-0.05, 0) is 27.7 Å². The summed E-state index contributed by atoms with van der Waals surface area (Å²) in [5.74, 6) is -1.05. The molecular formula is C13H20N4O4. The van der Waals surface area contributed by atoms with E-state index in [1.54, 1.807) is 33.9 Å². The van der Waals surface area contributed by atoms with Crippen LogP contribution in [0.5, 0.6) is 0 Å². The summed E-state index contributed by atoms with van der Waals surface area (Å²) in [4.78, 5) is 26.2. The summed E-state index contributed by atoms with van der Waals surface area (Å²) >= 11 is 0. The van der Waals surface area contributed by atoms with Crippen molar-refractivity contribution >= 4 is 12.1 Å².